The maximum atomic E-state index is 6.10. The van der Waals surface area contributed by atoms with E-state index in [2.05, 4.69) is 59.7 Å². The number of hydrogen-bond acceptors (Lipinski definition) is 2. The summed E-state index contributed by atoms with van der Waals surface area (Å²) in [6.45, 7) is 16.1. The third-order valence-electron chi connectivity index (χ3n) is 7.28. The zero-order chi connectivity index (χ0) is 26.4. The molecule has 0 aliphatic carbocycles. The Bertz CT molecular complexity index is 690. The Hall–Kier alpha value is 0.0400. The van der Waals surface area contributed by atoms with Crippen LogP contribution in [0.3, 0.4) is 0 Å². The molecule has 0 heterocycles. The maximum Gasteiger partial charge on any atom is 0.0497 e. The Morgan fingerprint density at radius 3 is 1.89 bits per heavy atom. The van der Waals surface area contributed by atoms with Crippen molar-refractivity contribution in [2.45, 2.75) is 144 Å². The minimum absolute atomic E-state index is 0.00610. The second-order valence-corrected chi connectivity index (χ2v) is 13.5. The van der Waals surface area contributed by atoms with Gasteiger partial charge in [0.05, 0.1) is 0 Å². The van der Waals surface area contributed by atoms with Crippen LogP contribution in [-0.2, 0) is 15.9 Å². The number of hydrogen-bond donors (Lipinski definition) is 0. The van der Waals surface area contributed by atoms with E-state index in [-0.39, 0.29) is 26.9 Å². The quantitative estimate of drug-likeness (QED) is 0.0426. The smallest absolute Gasteiger partial charge is 0.0497 e. The van der Waals surface area contributed by atoms with Gasteiger partial charge in [0.15, 0.2) is 6.29 Å². The van der Waals surface area contributed by atoms with Gasteiger partial charge in [-0.05, 0) is 19.3 Å². The van der Waals surface area contributed by atoms with E-state index in [0.29, 0.717) is 0 Å². The van der Waals surface area contributed by atoms with E-state index < -0.39 is 0 Å². The van der Waals surface area contributed by atoms with E-state index in [1.165, 1.54) is 100 Å². The van der Waals surface area contributed by atoms with Crippen LogP contribution in [-0.4, -0.2) is 19.5 Å². The van der Waals surface area contributed by atoms with Gasteiger partial charge in [-0.1, -0.05) is 52.4 Å². The van der Waals surface area contributed by atoms with Crippen LogP contribution >= 0.6 is 6.88 Å². The first-order valence-electron chi connectivity index (χ1n) is 14.9. The van der Waals surface area contributed by atoms with E-state index in [9.17, 15) is 0 Å². The van der Waals surface area contributed by atoms with Crippen molar-refractivity contribution in [3.8, 4) is 0 Å². The van der Waals surface area contributed by atoms with E-state index in [1.807, 2.05) is 0 Å². The third-order valence-corrected chi connectivity index (χ3v) is 10.6. The zero-order valence-corrected chi connectivity index (χ0v) is 27.6. The number of allylic oxidation sites excluding steroid dienone is 2. The zero-order valence-electron chi connectivity index (χ0n) is 24.3. The Morgan fingerprint density at radius 1 is 0.722 bits per heavy atom. The molecule has 36 heavy (non-hydrogen) atoms. The molecular formula is C32H57IO2P-. The van der Waals surface area contributed by atoms with Crippen LogP contribution < -0.4 is 20.7 Å². The molecule has 0 spiro atoms. The number of aryl methyl sites for hydroxylation is 1. The van der Waals surface area contributed by atoms with Gasteiger partial charge in [-0.25, -0.2) is 0 Å². The van der Waals surface area contributed by atoms with Gasteiger partial charge in [0, 0.05) is 13.2 Å². The minimum atomic E-state index is 0.00610. The van der Waals surface area contributed by atoms with Crippen molar-refractivity contribution < 1.29 is 30.1 Å². The topological polar surface area (TPSA) is 18.5 Å². The molecule has 2 nitrogen and oxygen atoms in total. The Balaban J connectivity index is 2.21. The SMILES string of the molecule is CCCCCCOC(CCCCC/C=C\CCCc1cc([I-]P)c(C)c(C)c1C)OCCCCCC. The summed E-state index contributed by atoms with van der Waals surface area (Å²) in [5, 5.41) is 0. The summed E-state index contributed by atoms with van der Waals surface area (Å²) >= 11 is 0.0780. The van der Waals surface area contributed by atoms with E-state index >= 15 is 0 Å². The van der Waals surface area contributed by atoms with Gasteiger partial charge in [-0.3, -0.25) is 0 Å². The molecule has 1 atom stereocenters. The van der Waals surface area contributed by atoms with Crippen LogP contribution in [0, 0.1) is 24.3 Å². The van der Waals surface area contributed by atoms with Crippen LogP contribution in [0.25, 0.3) is 0 Å². The summed E-state index contributed by atoms with van der Waals surface area (Å²) in [6.07, 6.45) is 24.5. The van der Waals surface area contributed by atoms with Gasteiger partial charge in [0.2, 0.25) is 0 Å². The summed E-state index contributed by atoms with van der Waals surface area (Å²) in [6, 6.07) is 2.48. The van der Waals surface area contributed by atoms with Gasteiger partial charge in [0.25, 0.3) is 0 Å². The molecule has 1 aromatic rings. The molecule has 0 aliphatic rings. The molecule has 0 amide bonds. The predicted octanol–water partition coefficient (Wildman–Crippen LogP) is 7.01. The summed E-state index contributed by atoms with van der Waals surface area (Å²) < 4.78 is 13.8. The van der Waals surface area contributed by atoms with Crippen molar-refractivity contribution in [1.82, 2.24) is 0 Å². The molecule has 0 radical (unpaired) electrons. The van der Waals surface area contributed by atoms with Crippen molar-refractivity contribution in [1.29, 1.82) is 0 Å². The standard InChI is InChI=1S/C32H57IO2P/c1-6-8-10-20-24-34-32(35-25-21-11-9-7-2)23-19-17-15-13-12-14-16-18-22-30-26-31(33-36)29(5)27(3)28(30)4/h12,14,26,32H,6-11,13,15-25,36H2,1-5H3/q-1/b14-12-. The summed E-state index contributed by atoms with van der Waals surface area (Å²) in [5.74, 6) is 0. The number of rotatable bonds is 23. The van der Waals surface area contributed by atoms with Crippen molar-refractivity contribution in [3.63, 3.8) is 0 Å². The first-order valence-corrected chi connectivity index (χ1v) is 20.1. The molecule has 0 fully saturated rings. The van der Waals surface area contributed by atoms with Crippen molar-refractivity contribution >= 4 is 6.88 Å². The fraction of sp³-hybridized carbons (Fsp3) is 0.750. The maximum absolute atomic E-state index is 6.10. The van der Waals surface area contributed by atoms with Gasteiger partial charge in [-0.2, -0.15) is 0 Å². The molecular weight excluding hydrogens is 574 g/mol. The van der Waals surface area contributed by atoms with Crippen LogP contribution in [0.1, 0.15) is 132 Å². The predicted molar refractivity (Wildman–Crippen MR) is 158 cm³/mol. The molecule has 1 rings (SSSR count). The van der Waals surface area contributed by atoms with E-state index in [0.717, 1.165) is 32.5 Å². The normalized spacial score (nSPS) is 12.0. The van der Waals surface area contributed by atoms with Crippen LogP contribution in [0.5, 0.6) is 0 Å². The Labute approximate surface area is 237 Å². The fourth-order valence-electron chi connectivity index (χ4n) is 4.54. The van der Waals surface area contributed by atoms with Gasteiger partial charge >= 0.3 is 137 Å². The van der Waals surface area contributed by atoms with Gasteiger partial charge in [0.1, 0.15) is 0 Å². The van der Waals surface area contributed by atoms with Crippen LogP contribution in [0.4, 0.5) is 0 Å². The first-order chi connectivity index (χ1) is 17.5. The number of ether oxygens (including phenoxy) is 2. The van der Waals surface area contributed by atoms with Crippen molar-refractivity contribution in [3.05, 3.63) is 44.0 Å². The molecule has 210 valence electrons. The molecule has 0 aliphatic heterocycles. The molecule has 0 aromatic heterocycles. The summed E-state index contributed by atoms with van der Waals surface area (Å²) in [4.78, 5) is 0. The largest absolute Gasteiger partial charge is 0.353 e. The fourth-order valence-corrected chi connectivity index (χ4v) is 7.49. The van der Waals surface area contributed by atoms with Crippen LogP contribution in [0.15, 0.2) is 18.2 Å². The molecule has 0 bridgehead atoms. The second-order valence-electron chi connectivity index (χ2n) is 10.3. The van der Waals surface area contributed by atoms with E-state index in [4.69, 9.17) is 9.47 Å². The number of halogens is 1. The Morgan fingerprint density at radius 2 is 1.31 bits per heavy atom. The van der Waals surface area contributed by atoms with Crippen LogP contribution in [0.2, 0.25) is 0 Å². The molecule has 1 aromatic carbocycles. The monoisotopic (exact) mass is 631 g/mol. The minimum Gasteiger partial charge on any atom is -0.353 e. The molecule has 0 saturated carbocycles. The summed E-state index contributed by atoms with van der Waals surface area (Å²) in [5.41, 5.74) is 6.10. The van der Waals surface area contributed by atoms with Gasteiger partial charge in [-0.15, -0.1) is 0 Å². The summed E-state index contributed by atoms with van der Waals surface area (Å²) in [7, 11) is 0. The van der Waals surface area contributed by atoms with E-state index in [1.54, 1.807) is 9.13 Å². The molecule has 1 unspecified atom stereocenters. The average Bonchev–Trinajstić information content (AvgIpc) is 2.88. The number of unbranched alkanes of at least 4 members (excludes halogenated alkanes) is 10. The van der Waals surface area contributed by atoms with Gasteiger partial charge < -0.3 is 9.47 Å². The first kappa shape index (κ1) is 34.1. The Kier molecular flexibility index (Phi) is 21.7. The van der Waals surface area contributed by atoms with Crippen molar-refractivity contribution in [2.75, 3.05) is 13.2 Å². The molecule has 0 N–H and O–H groups in total. The number of benzene rings is 1. The average molecular weight is 632 g/mol. The molecule has 0 saturated heterocycles. The third kappa shape index (κ3) is 15.5. The molecule has 4 heteroatoms. The van der Waals surface area contributed by atoms with Crippen molar-refractivity contribution in [2.24, 2.45) is 0 Å². The second kappa shape index (κ2) is 23.0.